The Labute approximate surface area is 117 Å². The maximum Gasteiger partial charge on any atom is 0.0566 e. The van der Waals surface area contributed by atoms with Gasteiger partial charge in [-0.25, -0.2) is 0 Å². The molecule has 4 rings (SSSR count). The second-order valence-corrected chi connectivity index (χ2v) is 5.24. The van der Waals surface area contributed by atoms with Crippen molar-refractivity contribution in [3.63, 3.8) is 0 Å². The van der Waals surface area contributed by atoms with Crippen LogP contribution < -0.4 is 0 Å². The first kappa shape index (κ1) is 11.4. The molecule has 0 spiro atoms. The first-order chi connectivity index (χ1) is 9.79. The molecule has 98 valence electrons. The number of benzene rings is 2. The van der Waals surface area contributed by atoms with E-state index in [-0.39, 0.29) is 0 Å². The SMILES string of the molecule is C/C=C\c1c(C)[nH]c2ccc3c4ccccc4[nH]c3c12. The number of rotatable bonds is 1. The van der Waals surface area contributed by atoms with E-state index in [0.717, 1.165) is 0 Å². The Morgan fingerprint density at radius 2 is 1.75 bits per heavy atom. The van der Waals surface area contributed by atoms with Crippen molar-refractivity contribution in [1.82, 2.24) is 9.97 Å². The van der Waals surface area contributed by atoms with Gasteiger partial charge in [-0.15, -0.1) is 0 Å². The van der Waals surface area contributed by atoms with Gasteiger partial charge in [-0.1, -0.05) is 36.4 Å². The zero-order chi connectivity index (χ0) is 13.7. The fourth-order valence-electron chi connectivity index (χ4n) is 3.13. The first-order valence-corrected chi connectivity index (χ1v) is 6.94. The molecule has 2 aromatic heterocycles. The number of allylic oxidation sites excluding steroid dienone is 1. The van der Waals surface area contributed by atoms with Crippen LogP contribution >= 0.6 is 0 Å². The van der Waals surface area contributed by atoms with Crippen LogP contribution in [0.1, 0.15) is 18.2 Å². The summed E-state index contributed by atoms with van der Waals surface area (Å²) in [5.41, 5.74) is 6.10. The van der Waals surface area contributed by atoms with Gasteiger partial charge < -0.3 is 9.97 Å². The molecule has 2 heteroatoms. The van der Waals surface area contributed by atoms with Crippen LogP contribution in [0.4, 0.5) is 0 Å². The van der Waals surface area contributed by atoms with Crippen LogP contribution in [0.25, 0.3) is 38.8 Å². The molecule has 0 fully saturated rings. The summed E-state index contributed by atoms with van der Waals surface area (Å²) < 4.78 is 0. The van der Waals surface area contributed by atoms with Crippen LogP contribution in [0, 0.1) is 6.92 Å². The molecule has 2 N–H and O–H groups in total. The maximum atomic E-state index is 3.58. The van der Waals surface area contributed by atoms with Gasteiger partial charge in [0.05, 0.1) is 5.52 Å². The predicted octanol–water partition coefficient (Wildman–Crippen LogP) is 5.14. The van der Waals surface area contributed by atoms with E-state index in [9.17, 15) is 0 Å². The van der Waals surface area contributed by atoms with Gasteiger partial charge in [0.15, 0.2) is 0 Å². The highest BCUT2D eigenvalue weighted by Gasteiger charge is 2.12. The Morgan fingerprint density at radius 3 is 2.60 bits per heavy atom. The van der Waals surface area contributed by atoms with Crippen LogP contribution in [-0.2, 0) is 0 Å². The Kier molecular flexibility index (Phi) is 2.27. The molecule has 0 aliphatic rings. The summed E-state index contributed by atoms with van der Waals surface area (Å²) >= 11 is 0. The fraction of sp³-hybridized carbons (Fsp3) is 0.111. The Morgan fingerprint density at radius 1 is 0.900 bits per heavy atom. The number of hydrogen-bond acceptors (Lipinski definition) is 0. The van der Waals surface area contributed by atoms with E-state index < -0.39 is 0 Å². The lowest BCUT2D eigenvalue weighted by molar-refractivity contribution is 1.29. The summed E-state index contributed by atoms with van der Waals surface area (Å²) in [7, 11) is 0. The summed E-state index contributed by atoms with van der Waals surface area (Å²) in [5, 5.41) is 3.86. The third-order valence-corrected chi connectivity index (χ3v) is 4.01. The Hall–Kier alpha value is -2.48. The van der Waals surface area contributed by atoms with Crippen LogP contribution in [0.15, 0.2) is 42.5 Å². The van der Waals surface area contributed by atoms with Crippen molar-refractivity contribution in [2.24, 2.45) is 0 Å². The van der Waals surface area contributed by atoms with E-state index in [0.29, 0.717) is 0 Å². The van der Waals surface area contributed by atoms with E-state index in [1.165, 1.54) is 44.0 Å². The zero-order valence-corrected chi connectivity index (χ0v) is 11.6. The van der Waals surface area contributed by atoms with Crippen molar-refractivity contribution in [1.29, 1.82) is 0 Å². The van der Waals surface area contributed by atoms with Gasteiger partial charge in [-0.3, -0.25) is 0 Å². The monoisotopic (exact) mass is 260 g/mol. The lowest BCUT2D eigenvalue weighted by Gasteiger charge is -1.96. The molecule has 20 heavy (non-hydrogen) atoms. The molecule has 0 amide bonds. The standard InChI is InChI=1S/C18H16N2/c1-3-6-12-11(2)19-16-10-9-14-13-7-4-5-8-15(13)20-18(14)17(12)16/h3-10,19-20H,1-2H3/b6-3-. The largest absolute Gasteiger partial charge is 0.358 e. The molecular formula is C18H16N2. The molecule has 0 aliphatic carbocycles. The number of para-hydroxylation sites is 1. The van der Waals surface area contributed by atoms with Crippen molar-refractivity contribution in [2.75, 3.05) is 0 Å². The molecule has 0 saturated carbocycles. The number of nitrogens with one attached hydrogen (secondary N) is 2. The molecule has 0 unspecified atom stereocenters. The van der Waals surface area contributed by atoms with Crippen LogP contribution in [0.3, 0.4) is 0 Å². The molecule has 0 saturated heterocycles. The van der Waals surface area contributed by atoms with Crippen molar-refractivity contribution in [2.45, 2.75) is 13.8 Å². The average Bonchev–Trinajstić information content (AvgIpc) is 2.97. The highest BCUT2D eigenvalue weighted by Crippen LogP contribution is 2.34. The Balaban J connectivity index is 2.28. The van der Waals surface area contributed by atoms with Gasteiger partial charge in [0.25, 0.3) is 0 Å². The lowest BCUT2D eigenvalue weighted by atomic mass is 10.1. The van der Waals surface area contributed by atoms with Crippen molar-refractivity contribution in [3.8, 4) is 0 Å². The zero-order valence-electron chi connectivity index (χ0n) is 11.6. The molecule has 0 bridgehead atoms. The molecule has 2 aromatic carbocycles. The summed E-state index contributed by atoms with van der Waals surface area (Å²) in [5.74, 6) is 0. The number of aryl methyl sites for hydroxylation is 1. The Bertz CT molecular complexity index is 967. The first-order valence-electron chi connectivity index (χ1n) is 6.94. The van der Waals surface area contributed by atoms with Gasteiger partial charge in [0, 0.05) is 38.4 Å². The molecule has 0 radical (unpaired) electrons. The molecular weight excluding hydrogens is 244 g/mol. The van der Waals surface area contributed by atoms with Crippen LogP contribution in [-0.4, -0.2) is 9.97 Å². The quantitative estimate of drug-likeness (QED) is 0.474. The topological polar surface area (TPSA) is 31.6 Å². The van der Waals surface area contributed by atoms with E-state index in [4.69, 9.17) is 0 Å². The summed E-state index contributed by atoms with van der Waals surface area (Å²) in [6, 6.07) is 12.9. The van der Waals surface area contributed by atoms with Gasteiger partial charge in [-0.05, 0) is 26.0 Å². The second kappa shape index (κ2) is 4.01. The number of hydrogen-bond donors (Lipinski definition) is 2. The third kappa shape index (κ3) is 1.39. The average molecular weight is 260 g/mol. The molecule has 2 heterocycles. The lowest BCUT2D eigenvalue weighted by Crippen LogP contribution is -1.75. The maximum absolute atomic E-state index is 3.58. The van der Waals surface area contributed by atoms with E-state index >= 15 is 0 Å². The third-order valence-electron chi connectivity index (χ3n) is 4.01. The number of H-pyrrole nitrogens is 2. The van der Waals surface area contributed by atoms with Crippen molar-refractivity contribution in [3.05, 3.63) is 53.7 Å². The van der Waals surface area contributed by atoms with E-state index in [2.05, 4.69) is 72.4 Å². The highest BCUT2D eigenvalue weighted by molar-refractivity contribution is 6.18. The molecule has 0 atom stereocenters. The van der Waals surface area contributed by atoms with Crippen LogP contribution in [0.2, 0.25) is 0 Å². The van der Waals surface area contributed by atoms with Crippen molar-refractivity contribution >= 4 is 38.8 Å². The summed E-state index contributed by atoms with van der Waals surface area (Å²) in [6.45, 7) is 4.19. The van der Waals surface area contributed by atoms with Gasteiger partial charge >= 0.3 is 0 Å². The minimum absolute atomic E-state index is 1.19. The smallest absolute Gasteiger partial charge is 0.0566 e. The highest BCUT2D eigenvalue weighted by atomic mass is 14.7. The molecule has 2 nitrogen and oxygen atoms in total. The predicted molar refractivity (Wildman–Crippen MR) is 87.1 cm³/mol. The second-order valence-electron chi connectivity index (χ2n) is 5.24. The number of aromatic nitrogens is 2. The minimum Gasteiger partial charge on any atom is -0.358 e. The van der Waals surface area contributed by atoms with Crippen LogP contribution in [0.5, 0.6) is 0 Å². The number of fused-ring (bicyclic) bond motifs is 5. The molecule has 4 aromatic rings. The summed E-state index contributed by atoms with van der Waals surface area (Å²) in [4.78, 5) is 7.06. The van der Waals surface area contributed by atoms with E-state index in [1.54, 1.807) is 0 Å². The van der Waals surface area contributed by atoms with Crippen molar-refractivity contribution < 1.29 is 0 Å². The summed E-state index contributed by atoms with van der Waals surface area (Å²) in [6.07, 6.45) is 4.27. The van der Waals surface area contributed by atoms with Gasteiger partial charge in [0.1, 0.15) is 0 Å². The van der Waals surface area contributed by atoms with Gasteiger partial charge in [0.2, 0.25) is 0 Å². The number of aromatic amines is 2. The molecule has 0 aliphatic heterocycles. The van der Waals surface area contributed by atoms with Gasteiger partial charge in [-0.2, -0.15) is 0 Å². The minimum atomic E-state index is 1.19. The normalized spacial score (nSPS) is 12.3. The van der Waals surface area contributed by atoms with E-state index in [1.807, 2.05) is 0 Å². The fourth-order valence-corrected chi connectivity index (χ4v) is 3.13.